The standard InChI is InChI=1S/C22H27BrN2O2/c23-17-3-1-4-18(10-17)24-20(26)19-5-2-6-25(19)21(27)22-11-14-7-15(12-22)9-16(8-14)13-22/h1,3-4,10,14-16,19H,2,5-9,11-13H2,(H,24,26). The van der Waals surface area contributed by atoms with Crippen LogP contribution < -0.4 is 5.32 Å². The summed E-state index contributed by atoms with van der Waals surface area (Å²) >= 11 is 3.45. The first-order valence-electron chi connectivity index (χ1n) is 10.4. The quantitative estimate of drug-likeness (QED) is 0.761. The average molecular weight is 431 g/mol. The van der Waals surface area contributed by atoms with Crippen LogP contribution in [0.25, 0.3) is 0 Å². The highest BCUT2D eigenvalue weighted by molar-refractivity contribution is 9.10. The lowest BCUT2D eigenvalue weighted by atomic mass is 9.49. The van der Waals surface area contributed by atoms with E-state index in [9.17, 15) is 9.59 Å². The third-order valence-electron chi connectivity index (χ3n) is 7.40. The second-order valence-corrected chi connectivity index (χ2v) is 10.3. The minimum atomic E-state index is -0.315. The van der Waals surface area contributed by atoms with E-state index in [2.05, 4.69) is 21.2 Å². The minimum absolute atomic E-state index is 0.0383. The number of anilines is 1. The lowest BCUT2D eigenvalue weighted by Gasteiger charge is -2.56. The van der Waals surface area contributed by atoms with Gasteiger partial charge in [-0.2, -0.15) is 0 Å². The average Bonchev–Trinajstić information content (AvgIpc) is 3.09. The van der Waals surface area contributed by atoms with Gasteiger partial charge in [-0.25, -0.2) is 0 Å². The molecule has 4 saturated carbocycles. The van der Waals surface area contributed by atoms with Crippen molar-refractivity contribution in [2.24, 2.45) is 23.2 Å². The molecule has 4 nitrogen and oxygen atoms in total. The van der Waals surface area contributed by atoms with Gasteiger partial charge in [0, 0.05) is 16.7 Å². The number of amides is 2. The predicted molar refractivity (Wildman–Crippen MR) is 108 cm³/mol. The van der Waals surface area contributed by atoms with Crippen LogP contribution in [0.1, 0.15) is 51.4 Å². The number of benzene rings is 1. The lowest BCUT2D eigenvalue weighted by Crippen LogP contribution is -2.56. The molecule has 4 bridgehead atoms. The van der Waals surface area contributed by atoms with E-state index in [1.54, 1.807) is 0 Å². The van der Waals surface area contributed by atoms with E-state index in [0.29, 0.717) is 0 Å². The van der Waals surface area contributed by atoms with Crippen molar-refractivity contribution in [3.05, 3.63) is 28.7 Å². The normalized spacial score (nSPS) is 36.9. The Morgan fingerprint density at radius 2 is 1.74 bits per heavy atom. The van der Waals surface area contributed by atoms with Crippen molar-refractivity contribution in [2.75, 3.05) is 11.9 Å². The molecule has 144 valence electrons. The maximum Gasteiger partial charge on any atom is 0.247 e. The van der Waals surface area contributed by atoms with E-state index < -0.39 is 0 Å². The molecule has 1 aromatic rings. The summed E-state index contributed by atoms with van der Waals surface area (Å²) in [6, 6.07) is 7.33. The van der Waals surface area contributed by atoms with E-state index in [1.807, 2.05) is 29.2 Å². The van der Waals surface area contributed by atoms with Crippen LogP contribution in [0, 0.1) is 23.2 Å². The summed E-state index contributed by atoms with van der Waals surface area (Å²) in [5.74, 6) is 2.49. The van der Waals surface area contributed by atoms with Crippen LogP contribution in [-0.2, 0) is 9.59 Å². The number of halogens is 1. The zero-order chi connectivity index (χ0) is 18.6. The summed E-state index contributed by atoms with van der Waals surface area (Å²) in [6.45, 7) is 0.733. The van der Waals surface area contributed by atoms with Crippen LogP contribution >= 0.6 is 15.9 Å². The van der Waals surface area contributed by atoms with Crippen LogP contribution in [0.15, 0.2) is 28.7 Å². The Bertz CT molecular complexity index is 742. The fraction of sp³-hybridized carbons (Fsp3) is 0.636. The lowest BCUT2D eigenvalue weighted by molar-refractivity contribution is -0.160. The summed E-state index contributed by atoms with van der Waals surface area (Å²) in [4.78, 5) is 28.5. The molecule has 1 unspecified atom stereocenters. The van der Waals surface area contributed by atoms with Gasteiger partial charge in [-0.05, 0) is 87.3 Å². The molecule has 5 heteroatoms. The first-order valence-corrected chi connectivity index (χ1v) is 11.2. The van der Waals surface area contributed by atoms with E-state index in [0.717, 1.165) is 66.6 Å². The van der Waals surface area contributed by atoms with Crippen LogP contribution in [-0.4, -0.2) is 29.3 Å². The molecule has 1 saturated heterocycles. The summed E-state index contributed by atoms with van der Waals surface area (Å²) in [5, 5.41) is 3.02. The van der Waals surface area contributed by atoms with Crippen molar-refractivity contribution in [1.29, 1.82) is 0 Å². The van der Waals surface area contributed by atoms with Gasteiger partial charge in [-0.3, -0.25) is 9.59 Å². The fourth-order valence-corrected chi connectivity index (χ4v) is 7.15. The second kappa shape index (κ2) is 6.61. The smallest absolute Gasteiger partial charge is 0.247 e. The fourth-order valence-electron chi connectivity index (χ4n) is 6.75. The van der Waals surface area contributed by atoms with Gasteiger partial charge in [0.25, 0.3) is 0 Å². The molecule has 2 amide bonds. The third-order valence-corrected chi connectivity index (χ3v) is 7.89. The van der Waals surface area contributed by atoms with Crippen molar-refractivity contribution >= 4 is 33.4 Å². The van der Waals surface area contributed by atoms with Crippen molar-refractivity contribution in [3.8, 4) is 0 Å². The molecule has 1 aliphatic heterocycles. The van der Waals surface area contributed by atoms with Gasteiger partial charge in [0.1, 0.15) is 6.04 Å². The molecule has 5 aliphatic rings. The molecule has 1 aromatic carbocycles. The number of likely N-dealkylation sites (tertiary alicyclic amines) is 1. The number of carbonyl (C=O) groups is 2. The van der Waals surface area contributed by atoms with Crippen molar-refractivity contribution in [3.63, 3.8) is 0 Å². The topological polar surface area (TPSA) is 49.4 Å². The maximum atomic E-state index is 13.7. The summed E-state index contributed by atoms with van der Waals surface area (Å²) in [6.07, 6.45) is 8.89. The highest BCUT2D eigenvalue weighted by Gasteiger charge is 2.56. The maximum absolute atomic E-state index is 13.7. The summed E-state index contributed by atoms with van der Waals surface area (Å²) in [7, 11) is 0. The molecule has 1 atom stereocenters. The molecule has 0 aromatic heterocycles. The Hall–Kier alpha value is -1.36. The Kier molecular flexibility index (Phi) is 4.34. The van der Waals surface area contributed by atoms with Crippen molar-refractivity contribution in [1.82, 2.24) is 4.90 Å². The zero-order valence-electron chi connectivity index (χ0n) is 15.6. The van der Waals surface area contributed by atoms with Gasteiger partial charge in [0.15, 0.2) is 0 Å². The van der Waals surface area contributed by atoms with Crippen molar-refractivity contribution < 1.29 is 9.59 Å². The number of nitrogens with zero attached hydrogens (tertiary/aromatic N) is 1. The summed E-state index contributed by atoms with van der Waals surface area (Å²) < 4.78 is 0.938. The Labute approximate surface area is 169 Å². The number of rotatable bonds is 3. The Morgan fingerprint density at radius 3 is 2.37 bits per heavy atom. The molecule has 1 N–H and O–H groups in total. The highest BCUT2D eigenvalue weighted by Crippen LogP contribution is 2.60. The molecule has 0 spiro atoms. The molecule has 5 fully saturated rings. The molecule has 6 rings (SSSR count). The largest absolute Gasteiger partial charge is 0.330 e. The summed E-state index contributed by atoms with van der Waals surface area (Å²) in [5.41, 5.74) is 0.622. The second-order valence-electron chi connectivity index (χ2n) is 9.35. The van der Waals surface area contributed by atoms with Crippen LogP contribution in [0.3, 0.4) is 0 Å². The number of carbonyl (C=O) groups excluding carboxylic acids is 2. The van der Waals surface area contributed by atoms with Gasteiger partial charge >= 0.3 is 0 Å². The van der Waals surface area contributed by atoms with E-state index in [1.165, 1.54) is 19.3 Å². The molecule has 0 radical (unpaired) electrons. The minimum Gasteiger partial charge on any atom is -0.330 e. The van der Waals surface area contributed by atoms with Gasteiger partial charge < -0.3 is 10.2 Å². The van der Waals surface area contributed by atoms with E-state index in [-0.39, 0.29) is 23.3 Å². The first kappa shape index (κ1) is 17.7. The molecule has 4 aliphatic carbocycles. The van der Waals surface area contributed by atoms with Gasteiger partial charge in [-0.15, -0.1) is 0 Å². The number of hydrogen-bond donors (Lipinski definition) is 1. The van der Waals surface area contributed by atoms with Crippen LogP contribution in [0.5, 0.6) is 0 Å². The van der Waals surface area contributed by atoms with Crippen LogP contribution in [0.2, 0.25) is 0 Å². The third kappa shape index (κ3) is 3.12. The Morgan fingerprint density at radius 1 is 1.07 bits per heavy atom. The predicted octanol–water partition coefficient (Wildman–Crippen LogP) is 4.60. The zero-order valence-corrected chi connectivity index (χ0v) is 17.2. The number of nitrogens with one attached hydrogen (secondary N) is 1. The van der Waals surface area contributed by atoms with Crippen molar-refractivity contribution in [2.45, 2.75) is 57.4 Å². The van der Waals surface area contributed by atoms with Crippen LogP contribution in [0.4, 0.5) is 5.69 Å². The van der Waals surface area contributed by atoms with E-state index >= 15 is 0 Å². The Balaban J connectivity index is 1.33. The van der Waals surface area contributed by atoms with Gasteiger partial charge in [-0.1, -0.05) is 22.0 Å². The van der Waals surface area contributed by atoms with E-state index in [4.69, 9.17) is 0 Å². The molecular formula is C22H27BrN2O2. The SMILES string of the molecule is O=C(Nc1cccc(Br)c1)C1CCCN1C(=O)C12CC3CC(CC(C3)C1)C2. The molecular weight excluding hydrogens is 404 g/mol. The van der Waals surface area contributed by atoms with Gasteiger partial charge in [0.05, 0.1) is 5.41 Å². The van der Waals surface area contributed by atoms with Gasteiger partial charge in [0.2, 0.25) is 11.8 Å². The number of hydrogen-bond acceptors (Lipinski definition) is 2. The highest BCUT2D eigenvalue weighted by atomic mass is 79.9. The first-order chi connectivity index (χ1) is 13.0. The molecule has 1 heterocycles. The monoisotopic (exact) mass is 430 g/mol. The molecule has 27 heavy (non-hydrogen) atoms.